The van der Waals surface area contributed by atoms with Crippen molar-refractivity contribution in [2.24, 2.45) is 0 Å². The summed E-state index contributed by atoms with van der Waals surface area (Å²) in [5.74, 6) is 0. The van der Waals surface area contributed by atoms with Crippen LogP contribution in [-0.4, -0.2) is 49.1 Å². The van der Waals surface area contributed by atoms with E-state index in [0.717, 1.165) is 13.2 Å². The summed E-state index contributed by atoms with van der Waals surface area (Å²) < 4.78 is 125. The lowest BCUT2D eigenvalue weighted by molar-refractivity contribution is 0.177. The zero-order chi connectivity index (χ0) is 28.0. The van der Waals surface area contributed by atoms with E-state index in [1.165, 1.54) is 0 Å². The highest BCUT2D eigenvalue weighted by Crippen LogP contribution is 2.21. The number of hydrogen-bond donors (Lipinski definition) is 2. The Balaban J connectivity index is 2.33. The number of carbonyl (C=O) groups is 1. The smallest absolute Gasteiger partial charge is 0.407 e. The molecular formula is C16H21N3O2. The highest BCUT2D eigenvalue weighted by Gasteiger charge is 2.22. The Labute approximate surface area is 145 Å². The van der Waals surface area contributed by atoms with E-state index in [2.05, 4.69) is 4.74 Å². The first-order valence-corrected chi connectivity index (χ1v) is 5.93. The average Bonchev–Trinajstić information content (AvgIpc) is 3.11. The van der Waals surface area contributed by atoms with E-state index in [1.807, 2.05) is 0 Å². The lowest BCUT2D eigenvalue weighted by atomic mass is 10.0. The number of rotatable bonds is 5. The Hall–Kier alpha value is -2.01. The molecule has 2 aromatic rings. The zero-order valence-corrected chi connectivity index (χ0v) is 10.9. The van der Waals surface area contributed by atoms with E-state index in [0.29, 0.717) is 9.88 Å². The van der Waals surface area contributed by atoms with Gasteiger partial charge in [-0.1, -0.05) is 6.04 Å². The maximum Gasteiger partial charge on any atom is 0.407 e. The molecule has 1 aromatic heterocycles. The van der Waals surface area contributed by atoms with Gasteiger partial charge in [0.15, 0.2) is 2.82 Å². The second kappa shape index (κ2) is 5.77. The molecule has 0 unspecified atom stereocenters. The molecule has 2 N–H and O–H groups in total. The summed E-state index contributed by atoms with van der Waals surface area (Å²) in [7, 11) is 0.988. The lowest BCUT2D eigenvalue weighted by Crippen LogP contribution is -2.28. The van der Waals surface area contributed by atoms with Gasteiger partial charge in [0, 0.05) is 33.2 Å². The van der Waals surface area contributed by atoms with Crippen molar-refractivity contribution < 1.29 is 30.2 Å². The predicted molar refractivity (Wildman–Crippen MR) is 82.5 cm³/mol. The van der Waals surface area contributed by atoms with Crippen LogP contribution in [0, 0.1) is 0 Å². The van der Waals surface area contributed by atoms with Crippen molar-refractivity contribution in [3.05, 3.63) is 35.5 Å². The number of H-pyrrole nitrogens is 1. The first-order valence-electron chi connectivity index (χ1n) is 13.3. The van der Waals surface area contributed by atoms with E-state index < -0.39 is 84.8 Å². The van der Waals surface area contributed by atoms with Crippen molar-refractivity contribution in [3.63, 3.8) is 0 Å². The molecule has 1 aliphatic rings. The lowest BCUT2D eigenvalue weighted by Gasteiger charge is -2.09. The van der Waals surface area contributed by atoms with Crippen molar-refractivity contribution in [2.75, 3.05) is 27.1 Å². The van der Waals surface area contributed by atoms with Crippen LogP contribution in [-0.2, 0) is 17.5 Å². The molecule has 0 radical (unpaired) electrons. The molecule has 1 atom stereocenters. The predicted octanol–water partition coefficient (Wildman–Crippen LogP) is 1.92. The quantitative estimate of drug-likeness (QED) is 0.887. The number of fused-ring (bicyclic) bond motifs is 1. The van der Waals surface area contributed by atoms with Crippen LogP contribution in [0.4, 0.5) is 4.79 Å². The van der Waals surface area contributed by atoms with Gasteiger partial charge in [0.25, 0.3) is 0 Å². The van der Waals surface area contributed by atoms with Gasteiger partial charge in [-0.05, 0) is 50.0 Å². The molecule has 21 heavy (non-hydrogen) atoms. The normalized spacial score (nSPS) is 37.0. The second-order valence-electron chi connectivity index (χ2n) is 4.21. The molecule has 112 valence electrons. The zero-order valence-electron chi connectivity index (χ0n) is 25.9. The number of aromatic amines is 1. The van der Waals surface area contributed by atoms with Gasteiger partial charge in [-0.25, -0.2) is 4.79 Å². The number of benzene rings is 1. The molecule has 1 aliphatic heterocycles. The van der Waals surface area contributed by atoms with Crippen molar-refractivity contribution in [1.82, 2.24) is 15.2 Å². The van der Waals surface area contributed by atoms with Gasteiger partial charge in [0.1, 0.15) is 6.56 Å². The minimum Gasteiger partial charge on any atom is -0.447 e. The first-order chi connectivity index (χ1) is 16.0. The molecule has 1 amide bonds. The van der Waals surface area contributed by atoms with Gasteiger partial charge in [0.05, 0.1) is 14.2 Å². The number of amides is 1. The van der Waals surface area contributed by atoms with Gasteiger partial charge < -0.3 is 19.9 Å². The van der Waals surface area contributed by atoms with Crippen LogP contribution in [0.2, 0.25) is 2.82 Å². The van der Waals surface area contributed by atoms with Crippen LogP contribution in [0.1, 0.15) is 28.9 Å². The Bertz CT molecular complexity index is 1240. The number of nitrogens with zero attached hydrogens (tertiary/aromatic N) is 1. The number of cyclic esters (lactones) is 1. The molecule has 2 heterocycles. The molecule has 0 saturated carbocycles. The fourth-order valence-corrected chi connectivity index (χ4v) is 1.74. The molecule has 1 fully saturated rings. The number of nitrogens with one attached hydrogen (secondary N) is 2. The molecule has 5 heteroatoms. The fraction of sp³-hybridized carbons (Fsp3) is 0.438. The van der Waals surface area contributed by atoms with Crippen molar-refractivity contribution >= 4 is 17.0 Å². The van der Waals surface area contributed by atoms with Gasteiger partial charge in [0.2, 0.25) is 0 Å². The SMILES string of the molecule is [2H]c1c(C([2H])([2H])[C@]2([2H])N([2H])C(=O)OC2([2H])[2H])c([2H])c2c(CC([2H])([2H])N(C)C([2H])([2H])[2H])cn([2H])c2c1[2H]. The summed E-state index contributed by atoms with van der Waals surface area (Å²) >= 11 is 0. The largest absolute Gasteiger partial charge is 0.447 e. The number of aryl methyl sites for hydroxylation is 1. The molecule has 1 aromatic carbocycles. The summed E-state index contributed by atoms with van der Waals surface area (Å²) in [5, 5.41) is -0.807. The van der Waals surface area contributed by atoms with Crippen LogP contribution in [0.25, 0.3) is 10.9 Å². The highest BCUT2D eigenvalue weighted by molar-refractivity contribution is 5.84. The summed E-state index contributed by atoms with van der Waals surface area (Å²) in [6.45, 7) is -8.86. The summed E-state index contributed by atoms with van der Waals surface area (Å²) in [4.78, 5) is 12.8. The van der Waals surface area contributed by atoms with Crippen LogP contribution in [0.3, 0.4) is 0 Å². The number of likely N-dealkylation sites (N-methyl/N-ethyl adjacent to an activating group) is 1. The minimum atomic E-state index is -3.50. The Kier molecular flexibility index (Phi) is 1.30. The fourth-order valence-electron chi connectivity index (χ4n) is 1.74. The summed E-state index contributed by atoms with van der Waals surface area (Å²) in [5.41, 5.74) is -1.66. The van der Waals surface area contributed by atoms with E-state index in [9.17, 15) is 4.79 Å². The molecular weight excluding hydrogens is 266 g/mol. The second-order valence-corrected chi connectivity index (χ2v) is 4.21. The van der Waals surface area contributed by atoms with Crippen LogP contribution in [0.15, 0.2) is 24.3 Å². The van der Waals surface area contributed by atoms with Crippen molar-refractivity contribution in [2.45, 2.75) is 18.8 Å². The highest BCUT2D eigenvalue weighted by atomic mass is 16.6. The Morgan fingerprint density at radius 1 is 1.76 bits per heavy atom. The number of carbonyl (C=O) groups excluding carboxylic acids is 1. The summed E-state index contributed by atoms with van der Waals surface area (Å²) in [6.07, 6.45) is -4.96. The van der Waals surface area contributed by atoms with E-state index in [4.69, 9.17) is 20.6 Å². The molecule has 0 aliphatic carbocycles. The third kappa shape index (κ3) is 3.19. The number of hydrogen-bond acceptors (Lipinski definition) is 3. The van der Waals surface area contributed by atoms with Gasteiger partial charge in [-0.15, -0.1) is 0 Å². The van der Waals surface area contributed by atoms with E-state index >= 15 is 0 Å². The van der Waals surface area contributed by atoms with Crippen LogP contribution >= 0.6 is 0 Å². The van der Waals surface area contributed by atoms with Gasteiger partial charge in [-0.2, -0.15) is 0 Å². The third-order valence-corrected chi connectivity index (χ3v) is 2.65. The molecule has 3 rings (SSSR count). The molecule has 1 saturated heterocycles. The first kappa shape index (κ1) is 4.74. The molecule has 0 bridgehead atoms. The van der Waals surface area contributed by atoms with Gasteiger partial charge >= 0.3 is 6.09 Å². The van der Waals surface area contributed by atoms with Crippen molar-refractivity contribution in [1.29, 1.82) is 0 Å². The average molecular weight is 302 g/mol. The maximum absolute atomic E-state index is 11.8. The van der Waals surface area contributed by atoms with Crippen LogP contribution in [0.5, 0.6) is 0 Å². The number of alkyl carbamates (subject to hydrolysis) is 1. The van der Waals surface area contributed by atoms with Gasteiger partial charge in [-0.3, -0.25) is 0 Å². The van der Waals surface area contributed by atoms with E-state index in [1.54, 1.807) is 0 Å². The number of ether oxygens (including phenoxy) is 1. The topological polar surface area (TPSA) is 57.4 Å². The standard InChI is InChI=1S/C16H21N3O2/c1-19(2)6-5-12-9-17-15-4-3-11(8-14(12)15)7-13-10-21-16(20)18-13/h3-4,8-9,13,17H,5-7,10H2,1-2H3,(H,18,20)/t13-/m0/s1/i1D3,3D,4D,6D2,7D2,8D,10D2,13D/hD2. The molecule has 5 nitrogen and oxygen atoms in total. The minimum absolute atomic E-state index is 0.194. The number of aromatic nitrogens is 1. The summed E-state index contributed by atoms with van der Waals surface area (Å²) in [6, 6.07) is -6.23. The monoisotopic (exact) mass is 302 g/mol. The van der Waals surface area contributed by atoms with Crippen LogP contribution < -0.4 is 5.31 Å². The maximum atomic E-state index is 11.8. The molecule has 0 spiro atoms. The Morgan fingerprint density at radius 3 is 3.43 bits per heavy atom. The third-order valence-electron chi connectivity index (χ3n) is 2.65. The van der Waals surface area contributed by atoms with E-state index in [-0.39, 0.29) is 5.56 Å². The Morgan fingerprint density at radius 2 is 2.67 bits per heavy atom. The van der Waals surface area contributed by atoms with Crippen molar-refractivity contribution in [3.8, 4) is 0 Å².